The Morgan fingerprint density at radius 3 is 2.26 bits per heavy atom. The zero-order valence-electron chi connectivity index (χ0n) is 10.9. The average Bonchev–Trinajstić information content (AvgIpc) is 2.25. The highest BCUT2D eigenvalue weighted by Gasteiger charge is 2.29. The lowest BCUT2D eigenvalue weighted by Gasteiger charge is -2.40. The maximum atomic E-state index is 11.3. The van der Waals surface area contributed by atoms with Crippen molar-refractivity contribution in [3.8, 4) is 0 Å². The largest absolute Gasteiger partial charge is 0.377 e. The lowest BCUT2D eigenvalue weighted by molar-refractivity contribution is -0.136. The first kappa shape index (κ1) is 14.4. The van der Waals surface area contributed by atoms with Gasteiger partial charge in [0.15, 0.2) is 0 Å². The summed E-state index contributed by atoms with van der Waals surface area (Å²) in [6, 6.07) is 0.0325. The monoisotopic (exact) mass is 272 g/mol. The van der Waals surface area contributed by atoms with Crippen molar-refractivity contribution in [1.29, 1.82) is 0 Å². The fraction of sp³-hybridized carbons (Fsp3) is 0.818. The number of rotatable bonds is 3. The molecule has 0 aliphatic carbocycles. The number of carbonyl (C=O) groups excluding carboxylic acids is 2. The Kier molecular flexibility index (Phi) is 4.48. The van der Waals surface area contributed by atoms with Crippen molar-refractivity contribution < 1.29 is 19.8 Å². The second-order valence-electron chi connectivity index (χ2n) is 5.14. The molecule has 2 fully saturated rings. The normalized spacial score (nSPS) is 32.2. The summed E-state index contributed by atoms with van der Waals surface area (Å²) in [4.78, 5) is 26.2. The molecule has 108 valence electrons. The molecule has 0 saturated carbocycles. The van der Waals surface area contributed by atoms with Crippen molar-refractivity contribution in [2.75, 3.05) is 32.7 Å². The number of aliphatic hydroxyl groups is 2. The van der Waals surface area contributed by atoms with Gasteiger partial charge in [-0.1, -0.05) is 0 Å². The molecule has 3 atom stereocenters. The van der Waals surface area contributed by atoms with Crippen LogP contribution in [-0.2, 0) is 9.59 Å². The zero-order chi connectivity index (χ0) is 14.0. The molecule has 2 saturated heterocycles. The van der Waals surface area contributed by atoms with Gasteiger partial charge in [0, 0.05) is 25.7 Å². The summed E-state index contributed by atoms with van der Waals surface area (Å²) in [6.07, 6.45) is -1.53. The third-order valence-electron chi connectivity index (χ3n) is 3.36. The first-order chi connectivity index (χ1) is 8.94. The van der Waals surface area contributed by atoms with Crippen LogP contribution < -0.4 is 10.6 Å². The number of carbonyl (C=O) groups is 2. The number of hydrogen-bond acceptors (Lipinski definition) is 7. The predicted molar refractivity (Wildman–Crippen MR) is 65.8 cm³/mol. The molecule has 2 rings (SSSR count). The van der Waals surface area contributed by atoms with Crippen LogP contribution in [0.2, 0.25) is 0 Å². The smallest absolute Gasteiger partial charge is 0.240 e. The summed E-state index contributed by atoms with van der Waals surface area (Å²) < 4.78 is 0. The molecule has 2 aliphatic heterocycles. The number of nitrogens with zero attached hydrogens (tertiary/aromatic N) is 2. The summed E-state index contributed by atoms with van der Waals surface area (Å²) in [5.74, 6) is -0.576. The van der Waals surface area contributed by atoms with Crippen LogP contribution in [0.1, 0.15) is 6.92 Å². The highest BCUT2D eigenvalue weighted by Crippen LogP contribution is 2.09. The second-order valence-corrected chi connectivity index (χ2v) is 5.14. The Labute approximate surface area is 111 Å². The third kappa shape index (κ3) is 3.95. The van der Waals surface area contributed by atoms with Gasteiger partial charge in [-0.2, -0.15) is 0 Å². The first-order valence-electron chi connectivity index (χ1n) is 6.35. The molecule has 19 heavy (non-hydrogen) atoms. The highest BCUT2D eigenvalue weighted by molar-refractivity contribution is 5.99. The summed E-state index contributed by atoms with van der Waals surface area (Å²) in [7, 11) is 0. The first-order valence-corrected chi connectivity index (χ1v) is 6.35. The Bertz CT molecular complexity index is 339. The van der Waals surface area contributed by atoms with E-state index in [1.165, 1.54) is 0 Å². The highest BCUT2D eigenvalue weighted by atomic mass is 16.3. The van der Waals surface area contributed by atoms with E-state index in [0.29, 0.717) is 19.6 Å². The van der Waals surface area contributed by atoms with Crippen molar-refractivity contribution >= 4 is 11.8 Å². The summed E-state index contributed by atoms with van der Waals surface area (Å²) in [6.45, 7) is 3.71. The van der Waals surface area contributed by atoms with Gasteiger partial charge in [0.25, 0.3) is 0 Å². The molecule has 2 heterocycles. The van der Waals surface area contributed by atoms with Crippen molar-refractivity contribution in [3.05, 3.63) is 0 Å². The van der Waals surface area contributed by atoms with E-state index in [2.05, 4.69) is 10.6 Å². The lowest BCUT2D eigenvalue weighted by atomic mass is 10.2. The predicted octanol–water partition coefficient (Wildman–Crippen LogP) is -3.12. The van der Waals surface area contributed by atoms with Crippen LogP contribution in [0.5, 0.6) is 0 Å². The number of imide groups is 1. The van der Waals surface area contributed by atoms with E-state index >= 15 is 0 Å². The molecule has 2 amide bonds. The molecule has 0 spiro atoms. The van der Waals surface area contributed by atoms with E-state index in [-0.39, 0.29) is 30.9 Å². The lowest BCUT2D eigenvalue weighted by Crippen LogP contribution is -2.61. The average molecular weight is 272 g/mol. The van der Waals surface area contributed by atoms with Crippen molar-refractivity contribution in [2.45, 2.75) is 25.4 Å². The molecule has 0 bridgehead atoms. The van der Waals surface area contributed by atoms with Crippen LogP contribution in [0.15, 0.2) is 0 Å². The Hall–Kier alpha value is -1.06. The Balaban J connectivity index is 1.87. The number of hydrogen-bond donors (Lipinski definition) is 4. The molecule has 0 aromatic carbocycles. The number of aliphatic hydroxyl groups excluding tert-OH is 2. The van der Waals surface area contributed by atoms with Gasteiger partial charge in [-0.3, -0.25) is 30.0 Å². The minimum Gasteiger partial charge on any atom is -0.377 e. The van der Waals surface area contributed by atoms with Gasteiger partial charge in [-0.15, -0.1) is 0 Å². The van der Waals surface area contributed by atoms with Crippen LogP contribution in [0.25, 0.3) is 0 Å². The SMILES string of the molecule is C[C@@H](CN1CC(=O)NC(=O)C1)N1C[C@H](O)N[C@@H](O)C1. The number of nitrogens with one attached hydrogen (secondary N) is 2. The fourth-order valence-electron chi connectivity index (χ4n) is 2.52. The minimum atomic E-state index is -0.766. The number of amides is 2. The zero-order valence-corrected chi connectivity index (χ0v) is 10.9. The topological polar surface area (TPSA) is 105 Å². The molecule has 4 N–H and O–H groups in total. The van der Waals surface area contributed by atoms with E-state index in [4.69, 9.17) is 0 Å². The van der Waals surface area contributed by atoms with E-state index in [1.54, 1.807) is 4.90 Å². The number of piperazine rings is 2. The van der Waals surface area contributed by atoms with Crippen LogP contribution in [0, 0.1) is 0 Å². The molecule has 0 radical (unpaired) electrons. The van der Waals surface area contributed by atoms with Crippen molar-refractivity contribution in [1.82, 2.24) is 20.4 Å². The van der Waals surface area contributed by atoms with Crippen molar-refractivity contribution in [2.24, 2.45) is 0 Å². The molecule has 0 aromatic rings. The summed E-state index contributed by atoms with van der Waals surface area (Å²) in [5, 5.41) is 24.0. The van der Waals surface area contributed by atoms with Gasteiger partial charge in [0.05, 0.1) is 13.1 Å². The maximum absolute atomic E-state index is 11.3. The molecular formula is C11H20N4O4. The molecule has 2 aliphatic rings. The van der Waals surface area contributed by atoms with Gasteiger partial charge in [0.1, 0.15) is 12.5 Å². The standard InChI is InChI=1S/C11H20N4O4/c1-7(15-5-10(18)13-11(19)6-15)2-14-3-8(16)12-9(17)4-14/h7,10-11,13,18-19H,2-6H2,1H3,(H,12,16,17)/t7-,10-,11-/m0/s1. The number of β-amino-alcohol motifs (C(OH)–C–C–N with tert-alkyl or cyclic N) is 2. The molecule has 0 unspecified atom stereocenters. The molecule has 8 heteroatoms. The van der Waals surface area contributed by atoms with Gasteiger partial charge in [-0.05, 0) is 6.92 Å². The van der Waals surface area contributed by atoms with Gasteiger partial charge in [0.2, 0.25) is 11.8 Å². The van der Waals surface area contributed by atoms with Gasteiger partial charge >= 0.3 is 0 Å². The third-order valence-corrected chi connectivity index (χ3v) is 3.36. The van der Waals surface area contributed by atoms with Gasteiger partial charge < -0.3 is 10.2 Å². The molecule has 0 aromatic heterocycles. The fourth-order valence-corrected chi connectivity index (χ4v) is 2.52. The quantitative estimate of drug-likeness (QED) is 0.403. The molecular weight excluding hydrogens is 252 g/mol. The minimum absolute atomic E-state index is 0.0325. The summed E-state index contributed by atoms with van der Waals surface area (Å²) >= 11 is 0. The van der Waals surface area contributed by atoms with Gasteiger partial charge in [-0.25, -0.2) is 0 Å². The second kappa shape index (κ2) is 5.93. The van der Waals surface area contributed by atoms with Crippen LogP contribution >= 0.6 is 0 Å². The van der Waals surface area contributed by atoms with E-state index < -0.39 is 12.5 Å². The van der Waals surface area contributed by atoms with Crippen molar-refractivity contribution in [3.63, 3.8) is 0 Å². The van der Waals surface area contributed by atoms with E-state index in [9.17, 15) is 19.8 Å². The Morgan fingerprint density at radius 1 is 1.21 bits per heavy atom. The van der Waals surface area contributed by atoms with Crippen LogP contribution in [0.3, 0.4) is 0 Å². The van der Waals surface area contributed by atoms with E-state index in [0.717, 1.165) is 0 Å². The molecule has 8 nitrogen and oxygen atoms in total. The van der Waals surface area contributed by atoms with Crippen LogP contribution in [-0.4, -0.2) is 83.0 Å². The summed E-state index contributed by atoms with van der Waals surface area (Å²) in [5.41, 5.74) is 0. The maximum Gasteiger partial charge on any atom is 0.240 e. The van der Waals surface area contributed by atoms with Crippen LogP contribution in [0.4, 0.5) is 0 Å². The Morgan fingerprint density at radius 2 is 1.74 bits per heavy atom. The van der Waals surface area contributed by atoms with E-state index in [1.807, 2.05) is 11.8 Å².